The molecule has 0 saturated heterocycles. The van der Waals surface area contributed by atoms with E-state index in [1.54, 1.807) is 34.7 Å². The van der Waals surface area contributed by atoms with Gasteiger partial charge >= 0.3 is 0 Å². The highest BCUT2D eigenvalue weighted by Crippen LogP contribution is 2.28. The summed E-state index contributed by atoms with van der Waals surface area (Å²) in [5, 5.41) is 13.3. The first-order chi connectivity index (χ1) is 7.47. The predicted octanol–water partition coefficient (Wildman–Crippen LogP) is 2.48. The fourth-order valence-electron chi connectivity index (χ4n) is 1.13. The molecule has 0 fully saturated rings. The minimum absolute atomic E-state index is 0.118. The molecule has 0 bridgehead atoms. The summed E-state index contributed by atoms with van der Waals surface area (Å²) in [5.74, 6) is 0.118. The molecule has 0 aliphatic heterocycles. The monoisotopic (exact) mass is 334 g/mol. The van der Waals surface area contributed by atoms with Gasteiger partial charge in [-0.1, -0.05) is 5.16 Å². The molecule has 0 radical (unpaired) electrons. The normalized spacial score (nSPS) is 14.8. The first-order valence-corrected chi connectivity index (χ1v) is 5.56. The van der Waals surface area contributed by atoms with Crippen molar-refractivity contribution in [2.45, 2.75) is 10.5 Å². The number of halogens is 2. The third-order valence-corrected chi connectivity index (χ3v) is 2.38. The van der Waals surface area contributed by atoms with Gasteiger partial charge in [0.25, 0.3) is 5.89 Å². The number of alkyl halides is 1. The van der Waals surface area contributed by atoms with Crippen molar-refractivity contribution in [3.8, 4) is 11.4 Å². The average molecular weight is 334 g/mol. The lowest BCUT2D eigenvalue weighted by Gasteiger charge is -2.06. The van der Waals surface area contributed by atoms with Crippen molar-refractivity contribution in [2.75, 3.05) is 0 Å². The summed E-state index contributed by atoms with van der Waals surface area (Å²) in [6.45, 7) is 1.54. The second-order valence-electron chi connectivity index (χ2n) is 3.38. The smallest absolute Gasteiger partial charge is 0.268 e. The SMILES string of the molecule is CC(O)(I)c1nc(-c2ccc(F)cc2)no1. The van der Waals surface area contributed by atoms with Gasteiger partial charge < -0.3 is 9.63 Å². The maximum atomic E-state index is 12.7. The van der Waals surface area contributed by atoms with Gasteiger partial charge in [-0.3, -0.25) is 0 Å². The fourth-order valence-corrected chi connectivity index (χ4v) is 1.34. The largest absolute Gasteiger partial charge is 0.371 e. The van der Waals surface area contributed by atoms with Crippen molar-refractivity contribution < 1.29 is 14.0 Å². The Labute approximate surface area is 105 Å². The minimum atomic E-state index is -1.21. The van der Waals surface area contributed by atoms with Gasteiger partial charge in [0.05, 0.1) is 0 Å². The van der Waals surface area contributed by atoms with E-state index >= 15 is 0 Å². The van der Waals surface area contributed by atoms with Crippen LogP contribution in [0.3, 0.4) is 0 Å². The van der Waals surface area contributed by atoms with Crippen LogP contribution in [0, 0.1) is 5.82 Å². The van der Waals surface area contributed by atoms with Crippen LogP contribution in [0.5, 0.6) is 0 Å². The zero-order chi connectivity index (χ0) is 11.8. The van der Waals surface area contributed by atoms with Crippen LogP contribution >= 0.6 is 22.6 Å². The molecule has 4 nitrogen and oxygen atoms in total. The Morgan fingerprint density at radius 2 is 2.00 bits per heavy atom. The molecule has 16 heavy (non-hydrogen) atoms. The van der Waals surface area contributed by atoms with Gasteiger partial charge in [0.1, 0.15) is 5.82 Å². The zero-order valence-corrected chi connectivity index (χ0v) is 10.5. The fraction of sp³-hybridized carbons (Fsp3) is 0.200. The molecule has 1 aromatic carbocycles. The average Bonchev–Trinajstić information content (AvgIpc) is 2.67. The lowest BCUT2D eigenvalue weighted by Crippen LogP contribution is -2.11. The lowest BCUT2D eigenvalue weighted by molar-refractivity contribution is 0.133. The number of hydrogen-bond donors (Lipinski definition) is 1. The van der Waals surface area contributed by atoms with E-state index in [1.165, 1.54) is 19.1 Å². The molecule has 0 aliphatic carbocycles. The van der Waals surface area contributed by atoms with E-state index in [2.05, 4.69) is 10.1 Å². The third-order valence-electron chi connectivity index (χ3n) is 1.92. The van der Waals surface area contributed by atoms with Crippen LogP contribution in [0.4, 0.5) is 4.39 Å². The van der Waals surface area contributed by atoms with Gasteiger partial charge in [0.2, 0.25) is 5.82 Å². The Kier molecular flexibility index (Phi) is 2.94. The molecule has 2 aromatic rings. The maximum Gasteiger partial charge on any atom is 0.268 e. The van der Waals surface area contributed by atoms with E-state index in [9.17, 15) is 9.50 Å². The Bertz CT molecular complexity index is 490. The second kappa shape index (κ2) is 4.10. The molecular formula is C10H8FIN2O2. The topological polar surface area (TPSA) is 59.2 Å². The number of nitrogens with zero attached hydrogens (tertiary/aromatic N) is 2. The van der Waals surface area contributed by atoms with E-state index in [-0.39, 0.29) is 11.7 Å². The van der Waals surface area contributed by atoms with E-state index < -0.39 is 3.61 Å². The highest BCUT2D eigenvalue weighted by molar-refractivity contribution is 14.1. The molecule has 84 valence electrons. The Balaban J connectivity index is 2.35. The van der Waals surface area contributed by atoms with Crippen LogP contribution in [-0.4, -0.2) is 15.2 Å². The second-order valence-corrected chi connectivity index (χ2v) is 5.48. The Hall–Kier alpha value is -1.02. The minimum Gasteiger partial charge on any atom is -0.371 e. The van der Waals surface area contributed by atoms with E-state index in [4.69, 9.17) is 4.52 Å². The van der Waals surface area contributed by atoms with Crippen molar-refractivity contribution >= 4 is 22.6 Å². The number of aliphatic hydroxyl groups is 1. The summed E-state index contributed by atoms with van der Waals surface area (Å²) in [5.41, 5.74) is 0.636. The van der Waals surface area contributed by atoms with Gasteiger partial charge in [0, 0.05) is 5.56 Å². The summed E-state index contributed by atoms with van der Waals surface area (Å²) in [6.07, 6.45) is 0. The first-order valence-electron chi connectivity index (χ1n) is 4.48. The van der Waals surface area contributed by atoms with E-state index in [1.807, 2.05) is 0 Å². The quantitative estimate of drug-likeness (QED) is 0.677. The molecule has 0 amide bonds. The van der Waals surface area contributed by atoms with E-state index in [0.717, 1.165) is 0 Å². The van der Waals surface area contributed by atoms with Crippen LogP contribution in [-0.2, 0) is 3.61 Å². The Morgan fingerprint density at radius 3 is 2.50 bits per heavy atom. The third kappa shape index (κ3) is 2.38. The van der Waals surface area contributed by atoms with Crippen molar-refractivity contribution in [3.05, 3.63) is 36.0 Å². The lowest BCUT2D eigenvalue weighted by atomic mass is 10.2. The molecule has 0 saturated carbocycles. The maximum absolute atomic E-state index is 12.7. The van der Waals surface area contributed by atoms with Gasteiger partial charge in [-0.2, -0.15) is 4.98 Å². The summed E-state index contributed by atoms with van der Waals surface area (Å²) in [6, 6.07) is 5.72. The van der Waals surface area contributed by atoms with Crippen LogP contribution in [0.1, 0.15) is 12.8 Å². The molecule has 1 N–H and O–H groups in total. The van der Waals surface area contributed by atoms with Crippen molar-refractivity contribution in [3.63, 3.8) is 0 Å². The van der Waals surface area contributed by atoms with Crippen molar-refractivity contribution in [1.82, 2.24) is 10.1 Å². The first kappa shape index (κ1) is 11.5. The molecule has 0 spiro atoms. The van der Waals surface area contributed by atoms with Gasteiger partial charge in [-0.15, -0.1) is 0 Å². The predicted molar refractivity (Wildman–Crippen MR) is 63.3 cm³/mol. The zero-order valence-electron chi connectivity index (χ0n) is 8.32. The summed E-state index contributed by atoms with van der Waals surface area (Å²) >= 11 is 1.78. The molecule has 1 atom stereocenters. The summed E-state index contributed by atoms with van der Waals surface area (Å²) in [4.78, 5) is 4.02. The van der Waals surface area contributed by atoms with Gasteiger partial charge in [-0.25, -0.2) is 4.39 Å². The highest BCUT2D eigenvalue weighted by atomic mass is 127. The number of rotatable bonds is 2. The number of benzene rings is 1. The summed E-state index contributed by atoms with van der Waals surface area (Å²) < 4.78 is 16.4. The van der Waals surface area contributed by atoms with Crippen molar-refractivity contribution in [2.24, 2.45) is 0 Å². The van der Waals surface area contributed by atoms with Gasteiger partial charge in [0.15, 0.2) is 3.61 Å². The summed E-state index contributed by atoms with van der Waals surface area (Å²) in [7, 11) is 0. The molecule has 1 aromatic heterocycles. The molecule has 2 rings (SSSR count). The van der Waals surface area contributed by atoms with Crippen LogP contribution in [0.25, 0.3) is 11.4 Å². The standard InChI is InChI=1S/C10H8FIN2O2/c1-10(12,15)9-13-8(14-16-9)6-2-4-7(11)5-3-6/h2-5,15H,1H3. The Morgan fingerprint density at radius 1 is 1.38 bits per heavy atom. The van der Waals surface area contributed by atoms with Crippen LogP contribution in [0.15, 0.2) is 28.8 Å². The molecule has 1 unspecified atom stereocenters. The highest BCUT2D eigenvalue weighted by Gasteiger charge is 2.26. The molecule has 6 heteroatoms. The molecular weight excluding hydrogens is 326 g/mol. The van der Waals surface area contributed by atoms with Crippen LogP contribution < -0.4 is 0 Å². The molecule has 1 heterocycles. The van der Waals surface area contributed by atoms with Crippen molar-refractivity contribution in [1.29, 1.82) is 0 Å². The number of hydrogen-bond acceptors (Lipinski definition) is 4. The number of aromatic nitrogens is 2. The van der Waals surface area contributed by atoms with E-state index in [0.29, 0.717) is 11.4 Å². The van der Waals surface area contributed by atoms with Crippen LogP contribution in [0.2, 0.25) is 0 Å². The molecule has 0 aliphatic rings. The van der Waals surface area contributed by atoms with Gasteiger partial charge in [-0.05, 0) is 53.8 Å².